The molecule has 3 aromatic rings. The maximum atomic E-state index is 14.0. The molecule has 3 aromatic carbocycles. The van der Waals surface area contributed by atoms with E-state index in [1.165, 1.54) is 23.5 Å². The van der Waals surface area contributed by atoms with Gasteiger partial charge in [0, 0.05) is 6.54 Å². The first-order chi connectivity index (χ1) is 13.5. The molecule has 0 heterocycles. The molecule has 0 radical (unpaired) electrons. The Morgan fingerprint density at radius 3 is 2.14 bits per heavy atom. The Morgan fingerprint density at radius 1 is 0.929 bits per heavy atom. The Morgan fingerprint density at radius 2 is 1.57 bits per heavy atom. The number of sulfonamides is 1. The molecular weight excluding hydrogens is 381 g/mol. The van der Waals surface area contributed by atoms with Gasteiger partial charge in [-0.05, 0) is 61.5 Å². The molecule has 5 nitrogen and oxygen atoms in total. The summed E-state index contributed by atoms with van der Waals surface area (Å²) in [7, 11) is -2.60. The van der Waals surface area contributed by atoms with Gasteiger partial charge in [-0.1, -0.05) is 18.2 Å². The standard InChI is InChI=1S/C21H20FNO4S/c1-3-23(28(24,25)19-13-14-21(26-2)20(22)15-19)16-9-11-18(12-10-16)27-17-7-5-4-6-8-17/h4-15H,3H2,1-2H3. The predicted octanol–water partition coefficient (Wildman–Crippen LogP) is 4.84. The highest BCUT2D eigenvalue weighted by atomic mass is 32.2. The first kappa shape index (κ1) is 19.7. The number of rotatable bonds is 7. The minimum Gasteiger partial charge on any atom is -0.494 e. The lowest BCUT2D eigenvalue weighted by atomic mass is 10.3. The SMILES string of the molecule is CCN(c1ccc(Oc2ccccc2)cc1)S(=O)(=O)c1ccc(OC)c(F)c1. The van der Waals surface area contributed by atoms with Crippen molar-refractivity contribution in [3.05, 3.63) is 78.6 Å². The van der Waals surface area contributed by atoms with Gasteiger partial charge >= 0.3 is 0 Å². The monoisotopic (exact) mass is 401 g/mol. The molecule has 0 aliphatic heterocycles. The van der Waals surface area contributed by atoms with E-state index < -0.39 is 15.8 Å². The van der Waals surface area contributed by atoms with Crippen molar-refractivity contribution in [1.29, 1.82) is 0 Å². The second kappa shape index (κ2) is 8.31. The third-order valence-corrected chi connectivity index (χ3v) is 6.00. The summed E-state index contributed by atoms with van der Waals surface area (Å²) in [6.07, 6.45) is 0. The predicted molar refractivity (Wildman–Crippen MR) is 106 cm³/mol. The van der Waals surface area contributed by atoms with Gasteiger partial charge in [0.25, 0.3) is 10.0 Å². The summed E-state index contributed by atoms with van der Waals surface area (Å²) in [6, 6.07) is 19.5. The van der Waals surface area contributed by atoms with Crippen LogP contribution in [-0.2, 0) is 10.0 Å². The summed E-state index contributed by atoms with van der Waals surface area (Å²) >= 11 is 0. The van der Waals surface area contributed by atoms with Gasteiger partial charge in [-0.25, -0.2) is 12.8 Å². The quantitative estimate of drug-likeness (QED) is 0.568. The van der Waals surface area contributed by atoms with Crippen LogP contribution in [-0.4, -0.2) is 22.1 Å². The third-order valence-electron chi connectivity index (χ3n) is 4.10. The highest BCUT2D eigenvalue weighted by Crippen LogP contribution is 2.29. The van der Waals surface area contributed by atoms with Crippen LogP contribution >= 0.6 is 0 Å². The van der Waals surface area contributed by atoms with Crippen molar-refractivity contribution in [1.82, 2.24) is 0 Å². The number of methoxy groups -OCH3 is 1. The van der Waals surface area contributed by atoms with Crippen LogP contribution in [0.4, 0.5) is 10.1 Å². The number of nitrogens with zero attached hydrogens (tertiary/aromatic N) is 1. The fourth-order valence-corrected chi connectivity index (χ4v) is 4.22. The molecule has 0 saturated heterocycles. The minimum absolute atomic E-state index is 0.00980. The number of anilines is 1. The van der Waals surface area contributed by atoms with E-state index in [0.717, 1.165) is 6.07 Å². The molecule has 0 amide bonds. The average Bonchev–Trinajstić information content (AvgIpc) is 2.70. The van der Waals surface area contributed by atoms with Gasteiger partial charge < -0.3 is 9.47 Å². The molecule has 0 atom stereocenters. The highest BCUT2D eigenvalue weighted by Gasteiger charge is 2.25. The number of para-hydroxylation sites is 1. The van der Waals surface area contributed by atoms with Gasteiger partial charge in [-0.3, -0.25) is 4.31 Å². The Bertz CT molecular complexity index is 1040. The van der Waals surface area contributed by atoms with Crippen molar-refractivity contribution in [2.24, 2.45) is 0 Å². The zero-order valence-electron chi connectivity index (χ0n) is 15.5. The minimum atomic E-state index is -3.93. The number of hydrogen-bond donors (Lipinski definition) is 0. The number of ether oxygens (including phenoxy) is 2. The number of benzene rings is 3. The van der Waals surface area contributed by atoms with Crippen LogP contribution in [0.5, 0.6) is 17.2 Å². The molecule has 7 heteroatoms. The zero-order valence-corrected chi connectivity index (χ0v) is 16.3. The number of halogens is 1. The van der Waals surface area contributed by atoms with Crippen molar-refractivity contribution in [2.75, 3.05) is 18.0 Å². The normalized spacial score (nSPS) is 11.1. The lowest BCUT2D eigenvalue weighted by molar-refractivity contribution is 0.385. The van der Waals surface area contributed by atoms with Gasteiger partial charge in [0.2, 0.25) is 0 Å². The largest absolute Gasteiger partial charge is 0.494 e. The van der Waals surface area contributed by atoms with Crippen LogP contribution < -0.4 is 13.8 Å². The Labute approximate surface area is 164 Å². The second-order valence-corrected chi connectivity index (χ2v) is 7.74. The van der Waals surface area contributed by atoms with Gasteiger partial charge in [0.05, 0.1) is 17.7 Å². The summed E-state index contributed by atoms with van der Waals surface area (Å²) in [5.74, 6) is 0.526. The van der Waals surface area contributed by atoms with E-state index in [1.807, 2.05) is 30.3 Å². The van der Waals surface area contributed by atoms with E-state index in [2.05, 4.69) is 0 Å². The van der Waals surface area contributed by atoms with E-state index in [9.17, 15) is 12.8 Å². The molecule has 0 fully saturated rings. The maximum absolute atomic E-state index is 14.0. The lowest BCUT2D eigenvalue weighted by Gasteiger charge is -2.23. The van der Waals surface area contributed by atoms with E-state index in [-0.39, 0.29) is 17.2 Å². The topological polar surface area (TPSA) is 55.8 Å². The first-order valence-corrected chi connectivity index (χ1v) is 10.1. The van der Waals surface area contributed by atoms with Gasteiger partial charge in [-0.2, -0.15) is 0 Å². The van der Waals surface area contributed by atoms with Crippen LogP contribution in [0.1, 0.15) is 6.92 Å². The fraction of sp³-hybridized carbons (Fsp3) is 0.143. The summed E-state index contributed by atoms with van der Waals surface area (Å²) in [5, 5.41) is 0. The molecule has 0 aliphatic carbocycles. The number of hydrogen-bond acceptors (Lipinski definition) is 4. The van der Waals surface area contributed by atoms with Gasteiger partial charge in [0.15, 0.2) is 11.6 Å². The second-order valence-electron chi connectivity index (χ2n) is 5.88. The van der Waals surface area contributed by atoms with Gasteiger partial charge in [-0.15, -0.1) is 0 Å². The summed E-state index contributed by atoms with van der Waals surface area (Å²) in [4.78, 5) is -0.141. The lowest BCUT2D eigenvalue weighted by Crippen LogP contribution is -2.30. The van der Waals surface area contributed by atoms with Crippen molar-refractivity contribution in [3.63, 3.8) is 0 Å². The fourth-order valence-electron chi connectivity index (χ4n) is 2.73. The van der Waals surface area contributed by atoms with Crippen molar-refractivity contribution in [3.8, 4) is 17.2 Å². The van der Waals surface area contributed by atoms with Crippen molar-refractivity contribution < 1.29 is 22.3 Å². The molecule has 0 bridgehead atoms. The Hall–Kier alpha value is -3.06. The molecule has 0 saturated carbocycles. The maximum Gasteiger partial charge on any atom is 0.264 e. The molecule has 0 aromatic heterocycles. The zero-order chi connectivity index (χ0) is 20.1. The highest BCUT2D eigenvalue weighted by molar-refractivity contribution is 7.92. The van der Waals surface area contributed by atoms with Crippen LogP contribution in [0.25, 0.3) is 0 Å². The third kappa shape index (κ3) is 4.09. The van der Waals surface area contributed by atoms with Gasteiger partial charge in [0.1, 0.15) is 11.5 Å². The molecule has 0 unspecified atom stereocenters. The molecule has 0 spiro atoms. The summed E-state index contributed by atoms with van der Waals surface area (Å²) in [5.41, 5.74) is 0.458. The average molecular weight is 401 g/mol. The molecule has 146 valence electrons. The van der Waals surface area contributed by atoms with Crippen LogP contribution in [0.2, 0.25) is 0 Å². The van der Waals surface area contributed by atoms with Crippen LogP contribution in [0.15, 0.2) is 77.7 Å². The molecule has 0 N–H and O–H groups in total. The van der Waals surface area contributed by atoms with E-state index in [4.69, 9.17) is 9.47 Å². The molecule has 3 rings (SSSR count). The summed E-state index contributed by atoms with van der Waals surface area (Å²) < 4.78 is 51.7. The van der Waals surface area contributed by atoms with Crippen molar-refractivity contribution >= 4 is 15.7 Å². The van der Waals surface area contributed by atoms with E-state index >= 15 is 0 Å². The molecule has 28 heavy (non-hydrogen) atoms. The van der Waals surface area contributed by atoms with E-state index in [0.29, 0.717) is 17.2 Å². The van der Waals surface area contributed by atoms with Crippen LogP contribution in [0.3, 0.4) is 0 Å². The van der Waals surface area contributed by atoms with Crippen LogP contribution in [0, 0.1) is 5.82 Å². The Kier molecular flexibility index (Phi) is 5.84. The smallest absolute Gasteiger partial charge is 0.264 e. The Balaban J connectivity index is 1.87. The van der Waals surface area contributed by atoms with Crippen molar-refractivity contribution in [2.45, 2.75) is 11.8 Å². The first-order valence-electron chi connectivity index (χ1n) is 8.65. The summed E-state index contributed by atoms with van der Waals surface area (Å²) in [6.45, 7) is 1.90. The molecular formula is C21H20FNO4S. The molecule has 0 aliphatic rings. The van der Waals surface area contributed by atoms with E-state index in [1.54, 1.807) is 31.2 Å².